The molecular formula is C13H19N3O3S. The Morgan fingerprint density at radius 3 is 3.00 bits per heavy atom. The number of hydrogen-bond acceptors (Lipinski definition) is 5. The van der Waals surface area contributed by atoms with Crippen LogP contribution in [0.5, 0.6) is 0 Å². The first-order chi connectivity index (χ1) is 9.47. The van der Waals surface area contributed by atoms with Crippen molar-refractivity contribution in [3.05, 3.63) is 11.1 Å². The van der Waals surface area contributed by atoms with Gasteiger partial charge in [-0.15, -0.1) is 11.3 Å². The number of aliphatic carboxylic acids is 1. The number of carboxylic acid groups (broad SMARTS) is 1. The average molecular weight is 297 g/mol. The van der Waals surface area contributed by atoms with Gasteiger partial charge in [0.15, 0.2) is 5.13 Å². The summed E-state index contributed by atoms with van der Waals surface area (Å²) in [6, 6.07) is -0.449. The van der Waals surface area contributed by atoms with Gasteiger partial charge in [0.25, 0.3) is 0 Å². The van der Waals surface area contributed by atoms with Crippen LogP contribution in [0.1, 0.15) is 32.4 Å². The van der Waals surface area contributed by atoms with Gasteiger partial charge in [-0.25, -0.2) is 4.98 Å². The van der Waals surface area contributed by atoms with Crippen molar-refractivity contribution in [3.63, 3.8) is 0 Å². The molecule has 20 heavy (non-hydrogen) atoms. The van der Waals surface area contributed by atoms with E-state index in [-0.39, 0.29) is 11.8 Å². The number of carbonyl (C=O) groups excluding carboxylic acids is 1. The van der Waals surface area contributed by atoms with Crippen molar-refractivity contribution in [1.29, 1.82) is 0 Å². The topological polar surface area (TPSA) is 82.5 Å². The Hall–Kier alpha value is -1.47. The number of rotatable bonds is 4. The van der Waals surface area contributed by atoms with Crippen molar-refractivity contribution in [1.82, 2.24) is 9.88 Å². The third-order valence-electron chi connectivity index (χ3n) is 3.49. The molecule has 0 saturated carbocycles. The summed E-state index contributed by atoms with van der Waals surface area (Å²) in [6.45, 7) is 4.70. The number of carbonyl (C=O) groups is 2. The van der Waals surface area contributed by atoms with Gasteiger partial charge in [-0.1, -0.05) is 6.92 Å². The van der Waals surface area contributed by atoms with Crippen molar-refractivity contribution in [2.45, 2.75) is 39.3 Å². The normalized spacial score (nSPS) is 23.5. The average Bonchev–Trinajstić information content (AvgIpc) is 2.75. The molecule has 1 saturated heterocycles. The lowest BCUT2D eigenvalue weighted by Crippen LogP contribution is -2.48. The van der Waals surface area contributed by atoms with Gasteiger partial charge >= 0.3 is 5.97 Å². The molecule has 0 bridgehead atoms. The predicted molar refractivity (Wildman–Crippen MR) is 76.6 cm³/mol. The Labute approximate surface area is 121 Å². The summed E-state index contributed by atoms with van der Waals surface area (Å²) in [5, 5.41) is 14.4. The SMILES string of the molecule is CC(=O)Nc1nc(CN2CCCC(C)C2C(=O)O)cs1. The largest absolute Gasteiger partial charge is 0.480 e. The molecule has 1 aromatic rings. The first-order valence-corrected chi connectivity index (χ1v) is 7.54. The summed E-state index contributed by atoms with van der Waals surface area (Å²) in [5.74, 6) is -0.773. The second-order valence-electron chi connectivity index (χ2n) is 5.20. The molecule has 0 radical (unpaired) electrons. The van der Waals surface area contributed by atoms with Gasteiger partial charge < -0.3 is 10.4 Å². The van der Waals surface area contributed by atoms with E-state index in [4.69, 9.17) is 0 Å². The molecule has 0 aliphatic carbocycles. The molecule has 2 heterocycles. The van der Waals surface area contributed by atoms with Crippen LogP contribution in [0.15, 0.2) is 5.38 Å². The van der Waals surface area contributed by atoms with Crippen molar-refractivity contribution >= 4 is 28.3 Å². The quantitative estimate of drug-likeness (QED) is 0.885. The number of hydrogen-bond donors (Lipinski definition) is 2. The van der Waals surface area contributed by atoms with E-state index in [1.54, 1.807) is 0 Å². The number of likely N-dealkylation sites (tertiary alicyclic amines) is 1. The second kappa shape index (κ2) is 6.32. The fraction of sp³-hybridized carbons (Fsp3) is 0.615. The lowest BCUT2D eigenvalue weighted by molar-refractivity contribution is -0.147. The fourth-order valence-electron chi connectivity index (χ4n) is 2.65. The summed E-state index contributed by atoms with van der Waals surface area (Å²) in [5.41, 5.74) is 0.805. The van der Waals surface area contributed by atoms with Crippen molar-refractivity contribution in [2.75, 3.05) is 11.9 Å². The number of nitrogens with zero attached hydrogens (tertiary/aromatic N) is 2. The van der Waals surface area contributed by atoms with Crippen molar-refractivity contribution in [3.8, 4) is 0 Å². The Kier molecular flexibility index (Phi) is 4.72. The van der Waals surface area contributed by atoms with Crippen LogP contribution in [0.2, 0.25) is 0 Å². The van der Waals surface area contributed by atoms with E-state index in [0.717, 1.165) is 25.1 Å². The molecule has 2 rings (SSSR count). The highest BCUT2D eigenvalue weighted by Gasteiger charge is 2.34. The maximum atomic E-state index is 11.4. The molecular weight excluding hydrogens is 278 g/mol. The number of carboxylic acids is 1. The smallest absolute Gasteiger partial charge is 0.321 e. The molecule has 2 atom stereocenters. The first-order valence-electron chi connectivity index (χ1n) is 6.66. The van der Waals surface area contributed by atoms with Gasteiger partial charge in [0.1, 0.15) is 6.04 Å². The molecule has 6 nitrogen and oxygen atoms in total. The maximum absolute atomic E-state index is 11.4. The Bertz CT molecular complexity index is 503. The van der Waals surface area contributed by atoms with Gasteiger partial charge in [0.2, 0.25) is 5.91 Å². The molecule has 1 fully saturated rings. The van der Waals surface area contributed by atoms with E-state index >= 15 is 0 Å². The first kappa shape index (κ1) is 14.9. The van der Waals surface area contributed by atoms with Crippen LogP contribution >= 0.6 is 11.3 Å². The fourth-order valence-corrected chi connectivity index (χ4v) is 3.39. The van der Waals surface area contributed by atoms with Gasteiger partial charge in [0.05, 0.1) is 5.69 Å². The summed E-state index contributed by atoms with van der Waals surface area (Å²) in [6.07, 6.45) is 1.95. The number of piperidine rings is 1. The molecule has 2 unspecified atom stereocenters. The zero-order chi connectivity index (χ0) is 14.7. The van der Waals surface area contributed by atoms with E-state index < -0.39 is 12.0 Å². The molecule has 0 aromatic carbocycles. The van der Waals surface area contributed by atoms with E-state index in [2.05, 4.69) is 10.3 Å². The van der Waals surface area contributed by atoms with Crippen LogP contribution in [-0.4, -0.2) is 39.5 Å². The number of nitrogens with one attached hydrogen (secondary N) is 1. The van der Waals surface area contributed by atoms with Crippen LogP contribution < -0.4 is 5.32 Å². The van der Waals surface area contributed by atoms with Crippen LogP contribution in [0.3, 0.4) is 0 Å². The van der Waals surface area contributed by atoms with E-state index in [1.165, 1.54) is 18.3 Å². The van der Waals surface area contributed by atoms with Crippen LogP contribution in [0.25, 0.3) is 0 Å². The molecule has 0 spiro atoms. The highest BCUT2D eigenvalue weighted by molar-refractivity contribution is 7.13. The number of aromatic nitrogens is 1. The Balaban J connectivity index is 2.05. The van der Waals surface area contributed by atoms with E-state index in [1.807, 2.05) is 17.2 Å². The summed E-state index contributed by atoms with van der Waals surface area (Å²) in [7, 11) is 0. The predicted octanol–water partition coefficient (Wildman–Crippen LogP) is 1.79. The highest BCUT2D eigenvalue weighted by Crippen LogP contribution is 2.26. The van der Waals surface area contributed by atoms with Crippen LogP contribution in [0, 0.1) is 5.92 Å². The van der Waals surface area contributed by atoms with Crippen LogP contribution in [-0.2, 0) is 16.1 Å². The highest BCUT2D eigenvalue weighted by atomic mass is 32.1. The van der Waals surface area contributed by atoms with Gasteiger partial charge in [-0.2, -0.15) is 0 Å². The van der Waals surface area contributed by atoms with Gasteiger partial charge in [-0.3, -0.25) is 14.5 Å². The molecule has 1 aromatic heterocycles. The minimum Gasteiger partial charge on any atom is -0.480 e. The van der Waals surface area contributed by atoms with Gasteiger partial charge in [-0.05, 0) is 25.3 Å². The minimum atomic E-state index is -0.769. The lowest BCUT2D eigenvalue weighted by Gasteiger charge is -2.36. The second-order valence-corrected chi connectivity index (χ2v) is 6.06. The van der Waals surface area contributed by atoms with Crippen LogP contribution in [0.4, 0.5) is 5.13 Å². The standard InChI is InChI=1S/C13H19N3O3S/c1-8-4-3-5-16(11(8)12(18)19)6-10-7-20-13(15-10)14-9(2)17/h7-8,11H,3-6H2,1-2H3,(H,18,19)(H,14,15,17). The zero-order valence-corrected chi connectivity index (χ0v) is 12.4. The van der Waals surface area contributed by atoms with Crippen molar-refractivity contribution in [2.24, 2.45) is 5.92 Å². The molecule has 1 aliphatic heterocycles. The zero-order valence-electron chi connectivity index (χ0n) is 11.6. The molecule has 7 heteroatoms. The Morgan fingerprint density at radius 1 is 1.60 bits per heavy atom. The molecule has 1 amide bonds. The van der Waals surface area contributed by atoms with Crippen molar-refractivity contribution < 1.29 is 14.7 Å². The molecule has 1 aliphatic rings. The summed E-state index contributed by atoms with van der Waals surface area (Å²) < 4.78 is 0. The van der Waals surface area contributed by atoms with E-state index in [9.17, 15) is 14.7 Å². The molecule has 2 N–H and O–H groups in total. The number of anilines is 1. The maximum Gasteiger partial charge on any atom is 0.321 e. The summed E-state index contributed by atoms with van der Waals surface area (Å²) in [4.78, 5) is 28.6. The van der Waals surface area contributed by atoms with Gasteiger partial charge in [0, 0.05) is 18.8 Å². The monoisotopic (exact) mass is 297 g/mol. The number of thiazole rings is 1. The molecule has 110 valence electrons. The summed E-state index contributed by atoms with van der Waals surface area (Å²) >= 11 is 1.36. The Morgan fingerprint density at radius 2 is 2.35 bits per heavy atom. The van der Waals surface area contributed by atoms with E-state index in [0.29, 0.717) is 11.7 Å². The minimum absolute atomic E-state index is 0.148. The lowest BCUT2D eigenvalue weighted by atomic mass is 9.91. The third kappa shape index (κ3) is 3.55. The number of amides is 1. The third-order valence-corrected chi connectivity index (χ3v) is 4.30.